The highest BCUT2D eigenvalue weighted by Gasteiger charge is 2.30. The van der Waals surface area contributed by atoms with E-state index in [4.69, 9.17) is 0 Å². The third kappa shape index (κ3) is 17.5. The summed E-state index contributed by atoms with van der Waals surface area (Å²) in [6.07, 6.45) is 5.88. The van der Waals surface area contributed by atoms with Crippen LogP contribution in [0, 0.1) is 0 Å². The van der Waals surface area contributed by atoms with Gasteiger partial charge in [-0.05, 0) is 74.6 Å². The van der Waals surface area contributed by atoms with Gasteiger partial charge in [0.1, 0.15) is 18.1 Å². The van der Waals surface area contributed by atoms with Crippen LogP contribution in [0.4, 0.5) is 5.69 Å². The maximum atomic E-state index is 14.2. The molecule has 2 aromatic carbocycles. The summed E-state index contributed by atoms with van der Waals surface area (Å²) >= 11 is 0. The van der Waals surface area contributed by atoms with Crippen LogP contribution < -0.4 is 21.3 Å². The lowest BCUT2D eigenvalue weighted by Crippen LogP contribution is -2.57. The van der Waals surface area contributed by atoms with Crippen molar-refractivity contribution in [3.63, 3.8) is 0 Å². The second-order valence-corrected chi connectivity index (χ2v) is 18.6. The molecular weight excluding hydrogens is 873 g/mol. The van der Waals surface area contributed by atoms with Gasteiger partial charge in [0.2, 0.25) is 17.7 Å². The molecule has 0 unspecified atom stereocenters. The number of rotatable bonds is 24. The van der Waals surface area contributed by atoms with Crippen LogP contribution in [0.5, 0.6) is 0 Å². The Kier molecular flexibility index (Phi) is 23.4. The molecule has 0 saturated carbocycles. The van der Waals surface area contributed by atoms with Gasteiger partial charge in [-0.3, -0.25) is 29.4 Å². The Hall–Kier alpha value is -4.91. The average molecular weight is 957 g/mol. The number of likely N-dealkylation sites (N-methyl/N-ethyl adjacent to an activating group) is 3. The lowest BCUT2D eigenvalue weighted by molar-refractivity contribution is -0.132. The molecule has 382 valence electrons. The SMILES string of the molecule is CCC[C@H](N[C@H](O)[C@H](CCC)NC(=O)CN1CCN(CC)CCN(CC)CCN(CC)CC1)C(=O)NCCCN1Cc2cc(C(=O)N(Cc3ccccc3)Cc3ncc[nH]3)ccc2N[C@@H](CC)C1=O. The zero-order chi connectivity index (χ0) is 49.5. The minimum absolute atomic E-state index is 0.0356. The van der Waals surface area contributed by atoms with Gasteiger partial charge in [-0.15, -0.1) is 0 Å². The lowest BCUT2D eigenvalue weighted by atomic mass is 10.1. The van der Waals surface area contributed by atoms with Gasteiger partial charge in [-0.2, -0.15) is 0 Å². The van der Waals surface area contributed by atoms with Gasteiger partial charge >= 0.3 is 0 Å². The first-order valence-electron chi connectivity index (χ1n) is 25.9. The van der Waals surface area contributed by atoms with Crippen LogP contribution in [0.15, 0.2) is 60.9 Å². The Morgan fingerprint density at radius 3 is 2.04 bits per heavy atom. The number of aromatic nitrogens is 2. The van der Waals surface area contributed by atoms with E-state index in [1.165, 1.54) is 0 Å². The van der Waals surface area contributed by atoms with Crippen LogP contribution in [-0.4, -0.2) is 184 Å². The summed E-state index contributed by atoms with van der Waals surface area (Å²) in [5.74, 6) is 0.133. The van der Waals surface area contributed by atoms with E-state index in [9.17, 15) is 24.3 Å². The molecule has 17 heteroatoms. The third-order valence-electron chi connectivity index (χ3n) is 13.6. The number of H-pyrrole nitrogens is 1. The molecule has 2 aliphatic rings. The maximum Gasteiger partial charge on any atom is 0.254 e. The van der Waals surface area contributed by atoms with Crippen molar-refractivity contribution < 1.29 is 24.3 Å². The number of hydrogen-bond donors (Lipinski definition) is 6. The Balaban J connectivity index is 1.16. The minimum atomic E-state index is -1.13. The standard InChI is InChI=1S/C52H84N12O5/c1-7-17-45(58-50(67)46(18-8-2)57-48(65)39-62-33-31-60(11-5)29-27-59(10-4)28-30-61(12-6)32-34-62)49(66)55-23-16-26-63-37-42-35-41(21-22-44(42)56-43(9-3)52(63)69)51(68)64(38-47-53-24-25-54-47)36-40-19-14-13-15-20-40/h13-15,19-22,24-25,35,43,45-46,50,56,58,67H,7-12,16-18,23,26-34,36-39H2,1-6H3,(H,53,54)(H,55,66)(H,57,65)/t43-,45-,46-,50+/m0/s1. The van der Waals surface area contributed by atoms with E-state index in [2.05, 4.69) is 71.6 Å². The highest BCUT2D eigenvalue weighted by molar-refractivity contribution is 5.95. The second-order valence-electron chi connectivity index (χ2n) is 18.6. The Labute approximate surface area is 412 Å². The van der Waals surface area contributed by atoms with Gasteiger partial charge in [-0.1, -0.05) is 84.7 Å². The van der Waals surface area contributed by atoms with Gasteiger partial charge in [0.05, 0.1) is 25.2 Å². The number of benzene rings is 2. The molecule has 1 saturated heterocycles. The maximum absolute atomic E-state index is 14.2. The second kappa shape index (κ2) is 29.3. The predicted molar refractivity (Wildman–Crippen MR) is 273 cm³/mol. The molecule has 2 aliphatic heterocycles. The number of fused-ring (bicyclic) bond motifs is 1. The molecule has 1 aromatic heterocycles. The van der Waals surface area contributed by atoms with Crippen LogP contribution in [0.3, 0.4) is 0 Å². The number of aromatic amines is 1. The molecule has 4 atom stereocenters. The van der Waals surface area contributed by atoms with Crippen molar-refractivity contribution in [2.45, 2.75) is 124 Å². The molecule has 4 amide bonds. The molecule has 1 fully saturated rings. The first kappa shape index (κ1) is 55.0. The van der Waals surface area contributed by atoms with E-state index >= 15 is 0 Å². The topological polar surface area (TPSA) is 185 Å². The summed E-state index contributed by atoms with van der Waals surface area (Å²) in [6.45, 7) is 24.9. The van der Waals surface area contributed by atoms with E-state index in [1.807, 2.05) is 69.3 Å². The highest BCUT2D eigenvalue weighted by atomic mass is 16.3. The average Bonchev–Trinajstić information content (AvgIpc) is 3.83. The summed E-state index contributed by atoms with van der Waals surface area (Å²) < 4.78 is 0. The fourth-order valence-corrected chi connectivity index (χ4v) is 9.24. The summed E-state index contributed by atoms with van der Waals surface area (Å²) in [5.41, 5.74) is 3.18. The van der Waals surface area contributed by atoms with E-state index in [1.54, 1.807) is 22.2 Å². The van der Waals surface area contributed by atoms with Crippen molar-refractivity contribution in [2.75, 3.05) is 96.9 Å². The van der Waals surface area contributed by atoms with E-state index in [0.717, 1.165) is 95.2 Å². The molecule has 69 heavy (non-hydrogen) atoms. The van der Waals surface area contributed by atoms with Gasteiger partial charge in [0.15, 0.2) is 0 Å². The Morgan fingerprint density at radius 1 is 0.826 bits per heavy atom. The smallest absolute Gasteiger partial charge is 0.254 e. The van der Waals surface area contributed by atoms with Crippen molar-refractivity contribution in [2.24, 2.45) is 0 Å². The molecule has 3 heterocycles. The number of carbonyl (C=O) groups is 4. The number of nitrogens with zero attached hydrogens (tertiary/aromatic N) is 7. The van der Waals surface area contributed by atoms with Gasteiger partial charge in [-0.25, -0.2) is 4.98 Å². The van der Waals surface area contributed by atoms with Gasteiger partial charge in [0, 0.05) is 102 Å². The number of hydrogen-bond acceptors (Lipinski definition) is 12. The molecule has 0 bridgehead atoms. The molecule has 0 radical (unpaired) electrons. The van der Waals surface area contributed by atoms with Gasteiger partial charge < -0.3 is 50.5 Å². The summed E-state index contributed by atoms with van der Waals surface area (Å²) in [5, 5.41) is 24.3. The Bertz CT molecular complexity index is 1970. The van der Waals surface area contributed by atoms with Crippen LogP contribution in [-0.2, 0) is 34.0 Å². The fourth-order valence-electron chi connectivity index (χ4n) is 9.24. The highest BCUT2D eigenvalue weighted by Crippen LogP contribution is 2.27. The molecule has 5 rings (SSSR count). The zero-order valence-corrected chi connectivity index (χ0v) is 42.6. The number of imidazole rings is 1. The first-order valence-corrected chi connectivity index (χ1v) is 25.9. The number of nitrogens with one attached hydrogen (secondary N) is 5. The summed E-state index contributed by atoms with van der Waals surface area (Å²) in [4.78, 5) is 76.1. The molecule has 0 spiro atoms. The van der Waals surface area contributed by atoms with Crippen molar-refractivity contribution >= 4 is 29.3 Å². The summed E-state index contributed by atoms with van der Waals surface area (Å²) in [6, 6.07) is 13.8. The molecule has 3 aromatic rings. The van der Waals surface area contributed by atoms with E-state index in [0.29, 0.717) is 76.2 Å². The van der Waals surface area contributed by atoms with Crippen molar-refractivity contribution in [3.05, 3.63) is 83.4 Å². The van der Waals surface area contributed by atoms with Crippen LogP contribution in [0.2, 0.25) is 0 Å². The lowest BCUT2D eigenvalue weighted by Gasteiger charge is -2.33. The minimum Gasteiger partial charge on any atom is -0.376 e. The van der Waals surface area contributed by atoms with Crippen LogP contribution >= 0.6 is 0 Å². The molecule has 6 N–H and O–H groups in total. The van der Waals surface area contributed by atoms with Gasteiger partial charge in [0.25, 0.3) is 5.91 Å². The number of aliphatic hydroxyl groups excluding tert-OH is 1. The van der Waals surface area contributed by atoms with Crippen molar-refractivity contribution in [3.8, 4) is 0 Å². The Morgan fingerprint density at radius 2 is 1.46 bits per heavy atom. The van der Waals surface area contributed by atoms with Crippen LogP contribution in [0.25, 0.3) is 0 Å². The van der Waals surface area contributed by atoms with Crippen LogP contribution in [0.1, 0.15) is 107 Å². The number of anilines is 1. The zero-order valence-electron chi connectivity index (χ0n) is 42.6. The fraction of sp³-hybridized carbons (Fsp3) is 0.635. The largest absolute Gasteiger partial charge is 0.376 e. The van der Waals surface area contributed by atoms with E-state index < -0.39 is 24.4 Å². The molecule has 0 aliphatic carbocycles. The molecule has 17 nitrogen and oxygen atoms in total. The van der Waals surface area contributed by atoms with E-state index in [-0.39, 0.29) is 30.2 Å². The first-order chi connectivity index (χ1) is 33.5. The summed E-state index contributed by atoms with van der Waals surface area (Å²) in [7, 11) is 0. The number of carbonyl (C=O) groups excluding carboxylic acids is 4. The quantitative estimate of drug-likeness (QED) is 0.0563. The third-order valence-corrected chi connectivity index (χ3v) is 13.6. The molecular formula is C52H84N12O5. The van der Waals surface area contributed by atoms with Crippen molar-refractivity contribution in [1.82, 2.24) is 55.3 Å². The normalized spacial score (nSPS) is 18.4. The number of aliphatic hydroxyl groups is 1. The number of amides is 4. The van der Waals surface area contributed by atoms with Crippen molar-refractivity contribution in [1.29, 1.82) is 0 Å². The predicted octanol–water partition coefficient (Wildman–Crippen LogP) is 3.93. The monoisotopic (exact) mass is 957 g/mol.